The first kappa shape index (κ1) is 14.4. The third kappa shape index (κ3) is 2.92. The molecule has 0 spiro atoms. The van der Waals surface area contributed by atoms with E-state index in [1.54, 1.807) is 0 Å². The van der Waals surface area contributed by atoms with Crippen molar-refractivity contribution in [1.82, 2.24) is 5.32 Å². The van der Waals surface area contributed by atoms with Gasteiger partial charge in [0.25, 0.3) is 0 Å². The second kappa shape index (κ2) is 5.94. The summed E-state index contributed by atoms with van der Waals surface area (Å²) in [7, 11) is 0. The van der Waals surface area contributed by atoms with Crippen LogP contribution >= 0.6 is 0 Å². The van der Waals surface area contributed by atoms with Gasteiger partial charge in [-0.25, -0.2) is 9.59 Å². The van der Waals surface area contributed by atoms with Crippen LogP contribution in [0, 0.1) is 5.92 Å². The van der Waals surface area contributed by atoms with Gasteiger partial charge in [0.05, 0.1) is 0 Å². The summed E-state index contributed by atoms with van der Waals surface area (Å²) in [5.74, 6) is -1.08. The molecule has 2 atom stereocenters. The molecule has 1 amide bonds. The minimum absolute atomic E-state index is 0.0933. The van der Waals surface area contributed by atoms with Crippen LogP contribution in [0.5, 0.6) is 0 Å². The SMILES string of the molecule is CC1CCCC1(NC(=O)OCc1ccccc1)C(=O)O. The topological polar surface area (TPSA) is 75.6 Å². The number of carboxylic acid groups (broad SMARTS) is 1. The molecule has 1 aliphatic carbocycles. The average Bonchev–Trinajstić information content (AvgIpc) is 2.80. The van der Waals surface area contributed by atoms with Gasteiger partial charge < -0.3 is 15.2 Å². The molecule has 0 radical (unpaired) electrons. The number of hydrogen-bond acceptors (Lipinski definition) is 3. The lowest BCUT2D eigenvalue weighted by Crippen LogP contribution is -2.56. The van der Waals surface area contributed by atoms with Crippen LogP contribution in [0.2, 0.25) is 0 Å². The molecule has 2 N–H and O–H groups in total. The monoisotopic (exact) mass is 277 g/mol. The minimum atomic E-state index is -1.19. The summed E-state index contributed by atoms with van der Waals surface area (Å²) in [5, 5.41) is 11.9. The Morgan fingerprint density at radius 1 is 1.40 bits per heavy atom. The van der Waals surface area contributed by atoms with E-state index in [1.807, 2.05) is 37.3 Å². The van der Waals surface area contributed by atoms with Crippen molar-refractivity contribution in [2.24, 2.45) is 5.92 Å². The van der Waals surface area contributed by atoms with Gasteiger partial charge in [-0.1, -0.05) is 43.7 Å². The van der Waals surface area contributed by atoms with Crippen LogP contribution in [0.3, 0.4) is 0 Å². The van der Waals surface area contributed by atoms with Gasteiger partial charge in [0.2, 0.25) is 0 Å². The summed E-state index contributed by atoms with van der Waals surface area (Å²) in [6.07, 6.45) is 1.37. The van der Waals surface area contributed by atoms with Crippen molar-refractivity contribution in [2.75, 3.05) is 0 Å². The van der Waals surface area contributed by atoms with Gasteiger partial charge in [-0.05, 0) is 24.3 Å². The van der Waals surface area contributed by atoms with Gasteiger partial charge in [-0.2, -0.15) is 0 Å². The Morgan fingerprint density at radius 2 is 2.10 bits per heavy atom. The summed E-state index contributed by atoms with van der Waals surface area (Å²) in [4.78, 5) is 23.3. The third-order valence-corrected chi connectivity index (χ3v) is 3.97. The van der Waals surface area contributed by atoms with Crippen LogP contribution in [0.4, 0.5) is 4.79 Å². The molecule has 0 bridgehead atoms. The number of benzene rings is 1. The number of amides is 1. The van der Waals surface area contributed by atoms with Gasteiger partial charge in [0, 0.05) is 0 Å². The normalized spacial score (nSPS) is 25.1. The number of aliphatic carboxylic acids is 1. The van der Waals surface area contributed by atoms with Gasteiger partial charge >= 0.3 is 12.1 Å². The van der Waals surface area contributed by atoms with Crippen LogP contribution in [0.15, 0.2) is 30.3 Å². The van der Waals surface area contributed by atoms with Crippen LogP contribution in [0.1, 0.15) is 31.7 Å². The molecule has 20 heavy (non-hydrogen) atoms. The molecule has 1 aromatic carbocycles. The number of nitrogens with one attached hydrogen (secondary N) is 1. The van der Waals surface area contributed by atoms with Crippen LogP contribution in [-0.2, 0) is 16.1 Å². The summed E-state index contributed by atoms with van der Waals surface area (Å²) in [6, 6.07) is 9.28. The predicted molar refractivity (Wildman–Crippen MR) is 73.1 cm³/mol. The highest BCUT2D eigenvalue weighted by Crippen LogP contribution is 2.35. The summed E-state index contributed by atoms with van der Waals surface area (Å²) in [5.41, 5.74) is -0.320. The maximum atomic E-state index is 11.8. The van der Waals surface area contributed by atoms with Gasteiger partial charge in [0.15, 0.2) is 0 Å². The quantitative estimate of drug-likeness (QED) is 0.886. The van der Waals surface area contributed by atoms with Crippen molar-refractivity contribution in [1.29, 1.82) is 0 Å². The number of alkyl carbamates (subject to hydrolysis) is 1. The lowest BCUT2D eigenvalue weighted by atomic mass is 9.88. The van der Waals surface area contributed by atoms with E-state index in [0.29, 0.717) is 6.42 Å². The molecular weight excluding hydrogens is 258 g/mol. The Morgan fingerprint density at radius 3 is 2.65 bits per heavy atom. The molecule has 1 aromatic rings. The Balaban J connectivity index is 1.94. The molecule has 0 aromatic heterocycles. The van der Waals surface area contributed by atoms with Gasteiger partial charge in [-0.15, -0.1) is 0 Å². The highest BCUT2D eigenvalue weighted by atomic mass is 16.5. The molecule has 5 nitrogen and oxygen atoms in total. The Bertz CT molecular complexity index is 488. The fourth-order valence-electron chi connectivity index (χ4n) is 2.68. The molecule has 108 valence electrons. The molecule has 2 unspecified atom stereocenters. The van der Waals surface area contributed by atoms with E-state index in [2.05, 4.69) is 5.32 Å². The van der Waals surface area contributed by atoms with Crippen LogP contribution in [-0.4, -0.2) is 22.7 Å². The van der Waals surface area contributed by atoms with E-state index in [4.69, 9.17) is 4.74 Å². The van der Waals surface area contributed by atoms with E-state index in [-0.39, 0.29) is 12.5 Å². The molecule has 0 saturated heterocycles. The van der Waals surface area contributed by atoms with E-state index >= 15 is 0 Å². The minimum Gasteiger partial charge on any atom is -0.479 e. The number of carboxylic acids is 1. The fourth-order valence-corrected chi connectivity index (χ4v) is 2.68. The summed E-state index contributed by atoms with van der Waals surface area (Å²) < 4.78 is 5.10. The van der Waals surface area contributed by atoms with Crippen molar-refractivity contribution in [3.8, 4) is 0 Å². The largest absolute Gasteiger partial charge is 0.479 e. The standard InChI is InChI=1S/C15H19NO4/c1-11-6-5-9-15(11,13(17)18)16-14(19)20-10-12-7-3-2-4-8-12/h2-4,7-8,11H,5-6,9-10H2,1H3,(H,16,19)(H,17,18). The molecular formula is C15H19NO4. The average molecular weight is 277 g/mol. The number of carbonyl (C=O) groups is 2. The highest BCUT2D eigenvalue weighted by Gasteiger charge is 2.48. The molecule has 1 aliphatic rings. The van der Waals surface area contributed by atoms with Gasteiger partial charge in [-0.3, -0.25) is 0 Å². The number of ether oxygens (including phenoxy) is 1. The highest BCUT2D eigenvalue weighted by molar-refractivity contribution is 5.85. The van der Waals surface area contributed by atoms with E-state index < -0.39 is 17.6 Å². The maximum absolute atomic E-state index is 11.8. The van der Waals surface area contributed by atoms with Crippen LogP contribution < -0.4 is 5.32 Å². The van der Waals surface area contributed by atoms with Gasteiger partial charge in [0.1, 0.15) is 12.1 Å². The van der Waals surface area contributed by atoms with E-state index in [1.165, 1.54) is 0 Å². The fraction of sp³-hybridized carbons (Fsp3) is 0.467. The van der Waals surface area contributed by atoms with Crippen LogP contribution in [0.25, 0.3) is 0 Å². The second-order valence-electron chi connectivity index (χ2n) is 5.26. The predicted octanol–water partition coefficient (Wildman–Crippen LogP) is 2.56. The van der Waals surface area contributed by atoms with E-state index in [0.717, 1.165) is 18.4 Å². The molecule has 5 heteroatoms. The Hall–Kier alpha value is -2.04. The molecule has 0 heterocycles. The summed E-state index contributed by atoms with van der Waals surface area (Å²) >= 11 is 0. The van der Waals surface area contributed by atoms with Crippen molar-refractivity contribution >= 4 is 12.1 Å². The lowest BCUT2D eigenvalue weighted by Gasteiger charge is -2.29. The lowest BCUT2D eigenvalue weighted by molar-refractivity contribution is -0.146. The molecule has 2 rings (SSSR count). The summed E-state index contributed by atoms with van der Waals surface area (Å²) in [6.45, 7) is 1.98. The maximum Gasteiger partial charge on any atom is 0.408 e. The Kier molecular flexibility index (Phi) is 4.27. The van der Waals surface area contributed by atoms with Crippen molar-refractivity contribution in [3.63, 3.8) is 0 Å². The van der Waals surface area contributed by atoms with E-state index in [9.17, 15) is 14.7 Å². The first-order valence-corrected chi connectivity index (χ1v) is 6.77. The Labute approximate surface area is 117 Å². The smallest absolute Gasteiger partial charge is 0.408 e. The molecule has 1 saturated carbocycles. The zero-order valence-corrected chi connectivity index (χ0v) is 11.5. The van der Waals surface area contributed by atoms with Crippen molar-refractivity contribution in [3.05, 3.63) is 35.9 Å². The first-order valence-electron chi connectivity index (χ1n) is 6.77. The molecule has 0 aliphatic heterocycles. The third-order valence-electron chi connectivity index (χ3n) is 3.97. The number of hydrogen-bond donors (Lipinski definition) is 2. The van der Waals surface area contributed by atoms with Crippen molar-refractivity contribution in [2.45, 2.75) is 38.3 Å². The zero-order chi connectivity index (χ0) is 14.6. The first-order chi connectivity index (χ1) is 9.54. The number of rotatable bonds is 4. The van der Waals surface area contributed by atoms with Crippen molar-refractivity contribution < 1.29 is 19.4 Å². The second-order valence-corrected chi connectivity index (χ2v) is 5.26. The number of carbonyl (C=O) groups excluding carboxylic acids is 1. The zero-order valence-electron chi connectivity index (χ0n) is 11.5. The molecule has 1 fully saturated rings.